The summed E-state index contributed by atoms with van der Waals surface area (Å²) in [5.74, 6) is -0.279. The highest BCUT2D eigenvalue weighted by Gasteiger charge is 2.23. The fourth-order valence-corrected chi connectivity index (χ4v) is 1.74. The Bertz CT molecular complexity index is 571. The minimum Gasteiger partial charge on any atom is -0.444 e. The molecule has 2 N–H and O–H groups in total. The summed E-state index contributed by atoms with van der Waals surface area (Å²) in [7, 11) is 0. The Kier molecular flexibility index (Phi) is 5.90. The van der Waals surface area contributed by atoms with Crippen LogP contribution in [0.15, 0.2) is 24.3 Å². The number of carbonyl (C=O) groups is 3. The van der Waals surface area contributed by atoms with Gasteiger partial charge in [-0.25, -0.2) is 4.79 Å². The number of aldehydes is 1. The van der Waals surface area contributed by atoms with E-state index >= 15 is 0 Å². The third-order valence-corrected chi connectivity index (χ3v) is 2.83. The fraction of sp³-hybridized carbons (Fsp3) is 0.471. The number of benzene rings is 1. The number of alkyl carbamates (subject to hydrolysis) is 1. The van der Waals surface area contributed by atoms with Gasteiger partial charge in [-0.3, -0.25) is 9.59 Å². The van der Waals surface area contributed by atoms with Crippen molar-refractivity contribution in [3.8, 4) is 0 Å². The zero-order chi connectivity index (χ0) is 17.7. The van der Waals surface area contributed by atoms with Crippen LogP contribution in [0.25, 0.3) is 0 Å². The molecule has 0 aliphatic carbocycles. The Morgan fingerprint density at radius 1 is 1.09 bits per heavy atom. The summed E-state index contributed by atoms with van der Waals surface area (Å²) in [6, 6.07) is 6.31. The normalized spacial score (nSPS) is 11.5. The quantitative estimate of drug-likeness (QED) is 0.817. The summed E-state index contributed by atoms with van der Waals surface area (Å²) in [5, 5.41) is 5.46. The van der Waals surface area contributed by atoms with Crippen LogP contribution in [0.5, 0.6) is 0 Å². The molecule has 0 bridgehead atoms. The van der Waals surface area contributed by atoms with Crippen molar-refractivity contribution < 1.29 is 19.1 Å². The molecule has 126 valence electrons. The van der Waals surface area contributed by atoms with Gasteiger partial charge in [-0.15, -0.1) is 0 Å². The first-order chi connectivity index (χ1) is 10.5. The first-order valence-electron chi connectivity index (χ1n) is 7.37. The van der Waals surface area contributed by atoms with Gasteiger partial charge in [-0.05, 0) is 46.8 Å². The topological polar surface area (TPSA) is 84.5 Å². The SMILES string of the molecule is CC(C)(CNC(=O)OC(C)(C)C)NC(=O)c1ccc(C=O)cc1. The third kappa shape index (κ3) is 6.95. The van der Waals surface area contributed by atoms with Gasteiger partial charge < -0.3 is 15.4 Å². The molecule has 1 aromatic rings. The number of hydrogen-bond donors (Lipinski definition) is 2. The van der Waals surface area contributed by atoms with Gasteiger partial charge in [-0.1, -0.05) is 12.1 Å². The molecule has 0 unspecified atom stereocenters. The lowest BCUT2D eigenvalue weighted by atomic mass is 10.0. The maximum absolute atomic E-state index is 12.2. The van der Waals surface area contributed by atoms with Crippen LogP contribution in [0.1, 0.15) is 55.3 Å². The van der Waals surface area contributed by atoms with Gasteiger partial charge in [0.05, 0.1) is 5.54 Å². The van der Waals surface area contributed by atoms with Gasteiger partial charge in [-0.2, -0.15) is 0 Å². The number of rotatable bonds is 5. The monoisotopic (exact) mass is 320 g/mol. The van der Waals surface area contributed by atoms with Gasteiger partial charge in [0.2, 0.25) is 0 Å². The Labute approximate surface area is 136 Å². The van der Waals surface area contributed by atoms with Crippen molar-refractivity contribution in [2.75, 3.05) is 6.54 Å². The Morgan fingerprint density at radius 3 is 2.13 bits per heavy atom. The summed E-state index contributed by atoms with van der Waals surface area (Å²) in [5.41, 5.74) is -0.275. The molecule has 0 radical (unpaired) electrons. The smallest absolute Gasteiger partial charge is 0.407 e. The Morgan fingerprint density at radius 2 is 1.65 bits per heavy atom. The minimum atomic E-state index is -0.655. The molecule has 0 fully saturated rings. The molecule has 1 aromatic carbocycles. The van der Waals surface area contributed by atoms with E-state index in [1.807, 2.05) is 0 Å². The van der Waals surface area contributed by atoms with Gasteiger partial charge in [0.15, 0.2) is 0 Å². The van der Waals surface area contributed by atoms with Gasteiger partial charge >= 0.3 is 6.09 Å². The molecule has 1 rings (SSSR count). The minimum absolute atomic E-state index is 0.222. The van der Waals surface area contributed by atoms with E-state index in [-0.39, 0.29) is 12.5 Å². The molecule has 23 heavy (non-hydrogen) atoms. The van der Waals surface area contributed by atoms with Crippen molar-refractivity contribution >= 4 is 18.3 Å². The van der Waals surface area contributed by atoms with Crippen molar-refractivity contribution in [3.63, 3.8) is 0 Å². The molecule has 0 aromatic heterocycles. The van der Waals surface area contributed by atoms with Crippen molar-refractivity contribution in [1.82, 2.24) is 10.6 Å². The second-order valence-corrected chi connectivity index (χ2v) is 6.93. The maximum atomic E-state index is 12.2. The van der Waals surface area contributed by atoms with Crippen LogP contribution in [0.3, 0.4) is 0 Å². The van der Waals surface area contributed by atoms with E-state index in [1.165, 1.54) is 0 Å². The van der Waals surface area contributed by atoms with Crippen LogP contribution >= 0.6 is 0 Å². The third-order valence-electron chi connectivity index (χ3n) is 2.83. The van der Waals surface area contributed by atoms with Gasteiger partial charge in [0.25, 0.3) is 5.91 Å². The van der Waals surface area contributed by atoms with Crippen LogP contribution in [-0.4, -0.2) is 36.0 Å². The van der Waals surface area contributed by atoms with E-state index < -0.39 is 17.2 Å². The summed E-state index contributed by atoms with van der Waals surface area (Å²) < 4.78 is 5.15. The number of ether oxygens (including phenoxy) is 1. The molecule has 0 atom stereocenters. The average Bonchev–Trinajstić information content (AvgIpc) is 2.43. The molecular formula is C17H24N2O4. The van der Waals surface area contributed by atoms with Crippen LogP contribution in [0, 0.1) is 0 Å². The fourth-order valence-electron chi connectivity index (χ4n) is 1.74. The maximum Gasteiger partial charge on any atom is 0.407 e. The molecule has 0 heterocycles. The highest BCUT2D eigenvalue weighted by Crippen LogP contribution is 2.09. The number of amides is 2. The lowest BCUT2D eigenvalue weighted by Gasteiger charge is -2.27. The predicted octanol–water partition coefficient (Wildman–Crippen LogP) is 2.53. The molecule has 0 aliphatic rings. The van der Waals surface area contributed by atoms with E-state index in [2.05, 4.69) is 10.6 Å². The van der Waals surface area contributed by atoms with Crippen molar-refractivity contribution in [1.29, 1.82) is 0 Å². The first-order valence-corrected chi connectivity index (χ1v) is 7.37. The van der Waals surface area contributed by atoms with E-state index in [0.717, 1.165) is 6.29 Å². The molecule has 0 aliphatic heterocycles. The highest BCUT2D eigenvalue weighted by atomic mass is 16.6. The van der Waals surface area contributed by atoms with Crippen molar-refractivity contribution in [2.24, 2.45) is 0 Å². The van der Waals surface area contributed by atoms with Crippen LogP contribution in [0.2, 0.25) is 0 Å². The van der Waals surface area contributed by atoms with Crippen molar-refractivity contribution in [2.45, 2.75) is 45.8 Å². The van der Waals surface area contributed by atoms with Gasteiger partial charge in [0, 0.05) is 17.7 Å². The summed E-state index contributed by atoms with van der Waals surface area (Å²) in [4.78, 5) is 34.5. The second-order valence-electron chi connectivity index (χ2n) is 6.93. The zero-order valence-electron chi connectivity index (χ0n) is 14.2. The number of hydrogen-bond acceptors (Lipinski definition) is 4. The highest BCUT2D eigenvalue weighted by molar-refractivity contribution is 5.95. The molecule has 0 spiro atoms. The second kappa shape index (κ2) is 7.26. The van der Waals surface area contributed by atoms with E-state index in [0.29, 0.717) is 11.1 Å². The van der Waals surface area contributed by atoms with Crippen LogP contribution in [0.4, 0.5) is 4.79 Å². The number of carbonyl (C=O) groups excluding carboxylic acids is 3. The summed E-state index contributed by atoms with van der Waals surface area (Å²) >= 11 is 0. The largest absolute Gasteiger partial charge is 0.444 e. The van der Waals surface area contributed by atoms with Gasteiger partial charge in [0.1, 0.15) is 11.9 Å². The molecule has 0 saturated carbocycles. The Hall–Kier alpha value is -2.37. The van der Waals surface area contributed by atoms with E-state index in [1.54, 1.807) is 58.9 Å². The summed E-state index contributed by atoms with van der Waals surface area (Å²) in [6.07, 6.45) is 0.186. The zero-order valence-corrected chi connectivity index (χ0v) is 14.2. The molecular weight excluding hydrogens is 296 g/mol. The van der Waals surface area contributed by atoms with Crippen LogP contribution in [-0.2, 0) is 4.74 Å². The Balaban J connectivity index is 2.57. The number of nitrogens with one attached hydrogen (secondary N) is 2. The predicted molar refractivity (Wildman–Crippen MR) is 87.6 cm³/mol. The van der Waals surface area contributed by atoms with E-state index in [4.69, 9.17) is 4.74 Å². The molecule has 2 amide bonds. The standard InChI is InChI=1S/C17H24N2O4/c1-16(2,3)23-15(22)18-11-17(4,5)19-14(21)13-8-6-12(10-20)7-9-13/h6-10H,11H2,1-5H3,(H,18,22)(H,19,21). The first kappa shape index (κ1) is 18.7. The van der Waals surface area contributed by atoms with Crippen molar-refractivity contribution in [3.05, 3.63) is 35.4 Å². The average molecular weight is 320 g/mol. The molecule has 6 nitrogen and oxygen atoms in total. The summed E-state index contributed by atoms with van der Waals surface area (Å²) in [6.45, 7) is 9.15. The lowest BCUT2D eigenvalue weighted by Crippen LogP contribution is -2.52. The molecule has 6 heteroatoms. The van der Waals surface area contributed by atoms with E-state index in [9.17, 15) is 14.4 Å². The van der Waals surface area contributed by atoms with Crippen LogP contribution < -0.4 is 10.6 Å². The lowest BCUT2D eigenvalue weighted by molar-refractivity contribution is 0.0509. The molecule has 0 saturated heterocycles.